The molecule has 0 radical (unpaired) electrons. The summed E-state index contributed by atoms with van der Waals surface area (Å²) in [6.45, 7) is 0. The van der Waals surface area contributed by atoms with Gasteiger partial charge < -0.3 is 11.5 Å². The second-order valence-corrected chi connectivity index (χ2v) is 5.62. The maximum absolute atomic E-state index is 11.5. The molecule has 2 atom stereocenters. The van der Waals surface area contributed by atoms with Crippen LogP contribution in [0.15, 0.2) is 0 Å². The van der Waals surface area contributed by atoms with Gasteiger partial charge in [-0.25, -0.2) is 8.42 Å². The number of sulfonamides is 1. The highest BCUT2D eigenvalue weighted by atomic mass is 32.2. The van der Waals surface area contributed by atoms with Crippen molar-refractivity contribution in [3.63, 3.8) is 0 Å². The van der Waals surface area contributed by atoms with Gasteiger partial charge in [0.25, 0.3) is 0 Å². The average Bonchev–Trinajstić information content (AvgIpc) is 2.08. The summed E-state index contributed by atoms with van der Waals surface area (Å²) < 4.78 is 23.9. The van der Waals surface area contributed by atoms with E-state index >= 15 is 0 Å². The summed E-state index contributed by atoms with van der Waals surface area (Å²) >= 11 is 0. The van der Waals surface area contributed by atoms with Gasteiger partial charge >= 0.3 is 0 Å². The number of nitrogens with zero attached hydrogens (tertiary/aromatic N) is 1. The van der Waals surface area contributed by atoms with Crippen molar-refractivity contribution in [2.45, 2.75) is 12.5 Å². The maximum Gasteiger partial charge on any atom is 0.235 e. The maximum atomic E-state index is 11.5. The predicted octanol–water partition coefficient (Wildman–Crippen LogP) is -2.39. The molecule has 0 aromatic rings. The fourth-order valence-corrected chi connectivity index (χ4v) is 3.17. The molecule has 0 aromatic heterocycles. The van der Waals surface area contributed by atoms with Crippen molar-refractivity contribution in [3.8, 4) is 0 Å². The van der Waals surface area contributed by atoms with Gasteiger partial charge in [0, 0.05) is 7.05 Å². The van der Waals surface area contributed by atoms with Crippen molar-refractivity contribution in [3.05, 3.63) is 0 Å². The van der Waals surface area contributed by atoms with Crippen LogP contribution in [0.25, 0.3) is 0 Å². The van der Waals surface area contributed by atoms with Crippen LogP contribution in [0.3, 0.4) is 0 Å². The standard InChI is InChI=1S/C7H13N3O4S/c1-10-5(7(9)12)2-4(6(8)11)3-15(10,13)14/h4-5H,2-3H2,1H3,(H2,8,11)(H2,9,12). The number of likely N-dealkylation sites (N-methyl/N-ethyl adjacent to an activating group) is 1. The summed E-state index contributed by atoms with van der Waals surface area (Å²) in [7, 11) is -2.35. The van der Waals surface area contributed by atoms with E-state index in [1.54, 1.807) is 0 Å². The van der Waals surface area contributed by atoms with Crippen LogP contribution in [-0.4, -0.2) is 43.4 Å². The highest BCUT2D eigenvalue weighted by Crippen LogP contribution is 2.23. The Morgan fingerprint density at radius 2 is 1.80 bits per heavy atom. The van der Waals surface area contributed by atoms with E-state index < -0.39 is 33.8 Å². The Balaban J connectivity index is 3.02. The Kier molecular flexibility index (Phi) is 3.00. The lowest BCUT2D eigenvalue weighted by molar-refractivity contribution is -0.124. The molecule has 4 N–H and O–H groups in total. The monoisotopic (exact) mass is 235 g/mol. The van der Waals surface area contributed by atoms with Crippen LogP contribution in [0.4, 0.5) is 0 Å². The molecule has 0 saturated carbocycles. The minimum Gasteiger partial charge on any atom is -0.369 e. The van der Waals surface area contributed by atoms with E-state index in [-0.39, 0.29) is 12.2 Å². The van der Waals surface area contributed by atoms with Crippen molar-refractivity contribution in [1.29, 1.82) is 0 Å². The second kappa shape index (κ2) is 3.78. The fraction of sp³-hybridized carbons (Fsp3) is 0.714. The zero-order valence-corrected chi connectivity index (χ0v) is 9.03. The third-order valence-electron chi connectivity index (χ3n) is 2.53. The van der Waals surface area contributed by atoms with Crippen LogP contribution in [0, 0.1) is 5.92 Å². The van der Waals surface area contributed by atoms with E-state index in [2.05, 4.69) is 0 Å². The summed E-state index contributed by atoms with van der Waals surface area (Å²) in [6, 6.07) is -0.985. The molecule has 7 nitrogen and oxygen atoms in total. The van der Waals surface area contributed by atoms with Crippen molar-refractivity contribution >= 4 is 21.8 Å². The number of carbonyl (C=O) groups excluding carboxylic acids is 2. The topological polar surface area (TPSA) is 124 Å². The van der Waals surface area contributed by atoms with Gasteiger partial charge in [-0.05, 0) is 6.42 Å². The summed E-state index contributed by atoms with van der Waals surface area (Å²) in [5.41, 5.74) is 10.1. The molecule has 0 bridgehead atoms. The number of nitrogens with two attached hydrogens (primary N) is 2. The molecule has 0 spiro atoms. The molecule has 2 amide bonds. The zero-order valence-electron chi connectivity index (χ0n) is 8.21. The lowest BCUT2D eigenvalue weighted by Gasteiger charge is -2.33. The van der Waals surface area contributed by atoms with E-state index in [0.717, 1.165) is 4.31 Å². The van der Waals surface area contributed by atoms with Crippen LogP contribution >= 0.6 is 0 Å². The second-order valence-electron chi connectivity index (χ2n) is 3.55. The Labute approximate surface area is 87.4 Å². The third kappa shape index (κ3) is 2.26. The highest BCUT2D eigenvalue weighted by molar-refractivity contribution is 7.89. The molecule has 1 heterocycles. The molecule has 1 aliphatic heterocycles. The predicted molar refractivity (Wildman–Crippen MR) is 51.8 cm³/mol. The summed E-state index contributed by atoms with van der Waals surface area (Å²) in [5, 5.41) is 0. The Bertz CT molecular complexity index is 391. The lowest BCUT2D eigenvalue weighted by atomic mass is 10.0. The number of hydrogen-bond acceptors (Lipinski definition) is 4. The van der Waals surface area contributed by atoms with Crippen LogP contribution in [0.2, 0.25) is 0 Å². The van der Waals surface area contributed by atoms with Gasteiger partial charge in [0.1, 0.15) is 6.04 Å². The molecule has 0 aromatic carbocycles. The summed E-state index contributed by atoms with van der Waals surface area (Å²) in [5.74, 6) is -2.70. The van der Waals surface area contributed by atoms with Gasteiger partial charge in [-0.3, -0.25) is 9.59 Å². The van der Waals surface area contributed by atoms with E-state index in [4.69, 9.17) is 11.5 Å². The van der Waals surface area contributed by atoms with Gasteiger partial charge in [-0.15, -0.1) is 0 Å². The Morgan fingerprint density at radius 1 is 1.27 bits per heavy atom. The Hall–Kier alpha value is -1.15. The molecule has 1 aliphatic rings. The van der Waals surface area contributed by atoms with E-state index in [1.807, 2.05) is 0 Å². The van der Waals surface area contributed by atoms with Crippen LogP contribution in [0.5, 0.6) is 0 Å². The number of rotatable bonds is 2. The summed E-state index contributed by atoms with van der Waals surface area (Å²) in [6.07, 6.45) is 0.0559. The van der Waals surface area contributed by atoms with Crippen molar-refractivity contribution in [2.75, 3.05) is 12.8 Å². The van der Waals surface area contributed by atoms with Gasteiger partial charge in [0.2, 0.25) is 21.8 Å². The van der Waals surface area contributed by atoms with Crippen molar-refractivity contribution in [1.82, 2.24) is 4.31 Å². The smallest absolute Gasteiger partial charge is 0.235 e. The van der Waals surface area contributed by atoms with Gasteiger partial charge in [-0.2, -0.15) is 4.31 Å². The first-order chi connectivity index (χ1) is 6.75. The zero-order chi connectivity index (χ0) is 11.8. The quantitative estimate of drug-likeness (QED) is 0.554. The first-order valence-electron chi connectivity index (χ1n) is 4.30. The average molecular weight is 235 g/mol. The number of carbonyl (C=O) groups is 2. The van der Waals surface area contributed by atoms with Gasteiger partial charge in [0.05, 0.1) is 11.7 Å². The molecule has 1 fully saturated rings. The van der Waals surface area contributed by atoms with E-state index in [0.29, 0.717) is 0 Å². The molecule has 1 saturated heterocycles. The van der Waals surface area contributed by atoms with Crippen LogP contribution in [0.1, 0.15) is 6.42 Å². The number of hydrogen-bond donors (Lipinski definition) is 2. The molecule has 0 aliphatic carbocycles. The molecular weight excluding hydrogens is 222 g/mol. The number of amides is 2. The molecule has 8 heteroatoms. The molecule has 86 valence electrons. The minimum absolute atomic E-state index is 0.0559. The van der Waals surface area contributed by atoms with E-state index in [9.17, 15) is 18.0 Å². The first kappa shape index (κ1) is 11.9. The molecule has 1 rings (SSSR count). The van der Waals surface area contributed by atoms with Crippen molar-refractivity contribution < 1.29 is 18.0 Å². The van der Waals surface area contributed by atoms with Crippen molar-refractivity contribution in [2.24, 2.45) is 17.4 Å². The van der Waals surface area contributed by atoms with Gasteiger partial charge in [-0.1, -0.05) is 0 Å². The van der Waals surface area contributed by atoms with Gasteiger partial charge in [0.15, 0.2) is 0 Å². The minimum atomic E-state index is -3.62. The largest absolute Gasteiger partial charge is 0.369 e. The molecule has 15 heavy (non-hydrogen) atoms. The lowest BCUT2D eigenvalue weighted by Crippen LogP contribution is -2.54. The normalized spacial score (nSPS) is 31.0. The van der Waals surface area contributed by atoms with Crippen LogP contribution in [-0.2, 0) is 19.6 Å². The molecular formula is C7H13N3O4S. The highest BCUT2D eigenvalue weighted by Gasteiger charge is 2.41. The third-order valence-corrected chi connectivity index (χ3v) is 4.48. The Morgan fingerprint density at radius 3 is 2.20 bits per heavy atom. The molecule has 2 unspecified atom stereocenters. The van der Waals surface area contributed by atoms with E-state index in [1.165, 1.54) is 7.05 Å². The summed E-state index contributed by atoms with van der Waals surface area (Å²) in [4.78, 5) is 21.9. The fourth-order valence-electron chi connectivity index (χ4n) is 1.55. The number of primary amides is 2. The van der Waals surface area contributed by atoms with Crippen LogP contribution < -0.4 is 11.5 Å². The first-order valence-corrected chi connectivity index (χ1v) is 5.91. The SMILES string of the molecule is CN1C(C(N)=O)CC(C(N)=O)CS1(=O)=O.